The Hall–Kier alpha value is -5.62. The van der Waals surface area contributed by atoms with Crippen LogP contribution in [0.5, 0.6) is 5.75 Å². The zero-order valence-corrected chi connectivity index (χ0v) is 31.0. The van der Waals surface area contributed by atoms with Gasteiger partial charge in [0.2, 0.25) is 0 Å². The standard InChI is InChI=1S/C45H45N5O/c1-27-16-12-17-28(2)38(27)50-37-25-11-10-24-36(37)46-41(50)33-21-14-20-32(29(33)3)35-23-15-22-34(39(35)51)30-18-13-19-31(26-30)40-47-42(44(4,5)6)49-43(48-40)45(7,8)9/h10-26,51H,1-9H3. The number of rotatable bonds is 5. The molecular formula is C45H45N5O. The molecule has 0 unspecified atom stereocenters. The molecule has 7 aromatic rings. The summed E-state index contributed by atoms with van der Waals surface area (Å²) in [5.74, 6) is 3.24. The van der Waals surface area contributed by atoms with Crippen molar-refractivity contribution in [3.05, 3.63) is 131 Å². The van der Waals surface area contributed by atoms with E-state index in [1.807, 2.05) is 42.5 Å². The van der Waals surface area contributed by atoms with Gasteiger partial charge in [0, 0.05) is 33.1 Å². The van der Waals surface area contributed by atoms with E-state index in [4.69, 9.17) is 19.9 Å². The molecule has 5 aromatic carbocycles. The summed E-state index contributed by atoms with van der Waals surface area (Å²) in [6, 6.07) is 35.0. The van der Waals surface area contributed by atoms with Crippen molar-refractivity contribution in [2.24, 2.45) is 0 Å². The minimum atomic E-state index is -0.239. The molecule has 6 heteroatoms. The molecule has 51 heavy (non-hydrogen) atoms. The SMILES string of the molecule is Cc1cccc(C)c1-n1c(-c2cccc(-c3cccc(-c4cccc(-c5nc(C(C)(C)C)nc(C(C)(C)C)n5)c4)c3O)c2C)nc2ccccc21. The van der Waals surface area contributed by atoms with Gasteiger partial charge in [-0.05, 0) is 66.8 Å². The molecule has 0 saturated carbocycles. The Morgan fingerprint density at radius 3 is 1.75 bits per heavy atom. The van der Waals surface area contributed by atoms with Gasteiger partial charge in [-0.1, -0.05) is 126 Å². The van der Waals surface area contributed by atoms with Crippen molar-refractivity contribution < 1.29 is 5.11 Å². The number of fused-ring (bicyclic) bond motifs is 1. The lowest BCUT2D eigenvalue weighted by Crippen LogP contribution is -2.24. The van der Waals surface area contributed by atoms with E-state index in [0.29, 0.717) is 5.82 Å². The number of aryl methyl sites for hydroxylation is 2. The van der Waals surface area contributed by atoms with Gasteiger partial charge in [0.05, 0.1) is 16.7 Å². The molecule has 0 bridgehead atoms. The minimum absolute atomic E-state index is 0.222. The van der Waals surface area contributed by atoms with Gasteiger partial charge in [-0.25, -0.2) is 19.9 Å². The molecule has 256 valence electrons. The van der Waals surface area contributed by atoms with Crippen molar-refractivity contribution in [2.75, 3.05) is 0 Å². The Kier molecular flexibility index (Phi) is 8.37. The summed E-state index contributed by atoms with van der Waals surface area (Å²) in [5, 5.41) is 12.0. The molecule has 0 aliphatic carbocycles. The van der Waals surface area contributed by atoms with E-state index in [1.54, 1.807) is 0 Å². The largest absolute Gasteiger partial charge is 0.507 e. The van der Waals surface area contributed by atoms with Crippen molar-refractivity contribution >= 4 is 11.0 Å². The van der Waals surface area contributed by atoms with Crippen molar-refractivity contribution in [1.29, 1.82) is 0 Å². The molecule has 0 radical (unpaired) electrons. The lowest BCUT2D eigenvalue weighted by atomic mass is 9.91. The summed E-state index contributed by atoms with van der Waals surface area (Å²) in [6.45, 7) is 19.1. The predicted molar refractivity (Wildman–Crippen MR) is 209 cm³/mol. The average molecular weight is 672 g/mol. The molecule has 1 N–H and O–H groups in total. The van der Waals surface area contributed by atoms with Gasteiger partial charge in [0.15, 0.2) is 5.82 Å². The van der Waals surface area contributed by atoms with Crippen LogP contribution in [0.25, 0.3) is 61.8 Å². The fraction of sp³-hybridized carbons (Fsp3) is 0.244. The molecule has 2 heterocycles. The highest BCUT2D eigenvalue weighted by Gasteiger charge is 2.26. The van der Waals surface area contributed by atoms with Crippen LogP contribution >= 0.6 is 0 Å². The number of nitrogens with zero attached hydrogens (tertiary/aromatic N) is 5. The lowest BCUT2D eigenvalue weighted by molar-refractivity contribution is 0.479. The Morgan fingerprint density at radius 1 is 0.529 bits per heavy atom. The van der Waals surface area contributed by atoms with Crippen LogP contribution in [0, 0.1) is 20.8 Å². The maximum absolute atomic E-state index is 12.0. The van der Waals surface area contributed by atoms with E-state index >= 15 is 0 Å². The summed E-state index contributed by atoms with van der Waals surface area (Å²) in [7, 11) is 0. The fourth-order valence-electron chi connectivity index (χ4n) is 6.76. The topological polar surface area (TPSA) is 76.7 Å². The van der Waals surface area contributed by atoms with Crippen molar-refractivity contribution in [2.45, 2.75) is 73.1 Å². The van der Waals surface area contributed by atoms with Gasteiger partial charge in [-0.2, -0.15) is 0 Å². The average Bonchev–Trinajstić information content (AvgIpc) is 3.46. The van der Waals surface area contributed by atoms with Crippen LogP contribution in [-0.2, 0) is 10.8 Å². The number of aromatic nitrogens is 5. The first-order valence-corrected chi connectivity index (χ1v) is 17.6. The number of benzene rings is 5. The minimum Gasteiger partial charge on any atom is -0.507 e. The van der Waals surface area contributed by atoms with Crippen molar-refractivity contribution in [3.8, 4) is 56.5 Å². The monoisotopic (exact) mass is 671 g/mol. The number of phenols is 1. The second-order valence-corrected chi connectivity index (χ2v) is 15.6. The summed E-state index contributed by atoms with van der Waals surface area (Å²) >= 11 is 0. The quantitative estimate of drug-likeness (QED) is 0.197. The highest BCUT2D eigenvalue weighted by molar-refractivity contribution is 5.89. The molecule has 7 rings (SSSR count). The number of aromatic hydroxyl groups is 1. The van der Waals surface area contributed by atoms with E-state index in [-0.39, 0.29) is 16.6 Å². The highest BCUT2D eigenvalue weighted by Crippen LogP contribution is 2.43. The summed E-state index contributed by atoms with van der Waals surface area (Å²) in [6.07, 6.45) is 0. The molecule has 0 spiro atoms. The first kappa shape index (κ1) is 33.9. The van der Waals surface area contributed by atoms with Crippen LogP contribution in [0.2, 0.25) is 0 Å². The van der Waals surface area contributed by atoms with Gasteiger partial charge >= 0.3 is 0 Å². The van der Waals surface area contributed by atoms with Crippen molar-refractivity contribution in [1.82, 2.24) is 24.5 Å². The Labute approximate surface area is 301 Å². The van der Waals surface area contributed by atoms with Gasteiger partial charge in [-0.15, -0.1) is 0 Å². The van der Waals surface area contributed by atoms with Crippen LogP contribution in [0.4, 0.5) is 0 Å². The first-order chi connectivity index (χ1) is 24.2. The van der Waals surface area contributed by atoms with Gasteiger partial charge in [-0.3, -0.25) is 4.57 Å². The summed E-state index contributed by atoms with van der Waals surface area (Å²) < 4.78 is 2.28. The molecular weight excluding hydrogens is 627 g/mol. The zero-order valence-electron chi connectivity index (χ0n) is 31.0. The van der Waals surface area contributed by atoms with Gasteiger partial charge in [0.25, 0.3) is 0 Å². The predicted octanol–water partition coefficient (Wildman–Crippen LogP) is 11.1. The van der Waals surface area contributed by atoms with E-state index < -0.39 is 0 Å². The van der Waals surface area contributed by atoms with Crippen LogP contribution in [0.3, 0.4) is 0 Å². The van der Waals surface area contributed by atoms with E-state index in [9.17, 15) is 5.11 Å². The van der Waals surface area contributed by atoms with Gasteiger partial charge < -0.3 is 5.11 Å². The molecule has 2 aromatic heterocycles. The molecule has 0 aliphatic heterocycles. The highest BCUT2D eigenvalue weighted by atomic mass is 16.3. The van der Waals surface area contributed by atoms with Crippen LogP contribution < -0.4 is 0 Å². The van der Waals surface area contributed by atoms with Crippen LogP contribution in [-0.4, -0.2) is 29.6 Å². The molecule has 0 aliphatic rings. The number of phenolic OH excluding ortho intramolecular Hbond substituents is 1. The van der Waals surface area contributed by atoms with Gasteiger partial charge in [0.1, 0.15) is 23.2 Å². The number of hydrogen-bond donors (Lipinski definition) is 1. The van der Waals surface area contributed by atoms with E-state index in [1.165, 1.54) is 11.1 Å². The fourth-order valence-corrected chi connectivity index (χ4v) is 6.76. The summed E-state index contributed by atoms with van der Waals surface area (Å²) in [4.78, 5) is 19.9. The second-order valence-electron chi connectivity index (χ2n) is 15.6. The number of para-hydroxylation sites is 4. The lowest BCUT2D eigenvalue weighted by Gasteiger charge is -2.22. The number of hydrogen-bond acceptors (Lipinski definition) is 5. The molecule has 6 nitrogen and oxygen atoms in total. The maximum atomic E-state index is 12.0. The third-order valence-electron chi connectivity index (χ3n) is 9.53. The zero-order chi connectivity index (χ0) is 36.2. The first-order valence-electron chi connectivity index (χ1n) is 17.6. The third kappa shape index (κ3) is 6.20. The third-order valence-corrected chi connectivity index (χ3v) is 9.53. The number of imidazole rings is 1. The molecule has 0 atom stereocenters. The molecule has 0 saturated heterocycles. The Bertz CT molecular complexity index is 2390. The molecule has 0 fully saturated rings. The smallest absolute Gasteiger partial charge is 0.163 e. The molecule has 0 amide bonds. The second kappa shape index (κ2) is 12.6. The Balaban J connectivity index is 1.35. The maximum Gasteiger partial charge on any atom is 0.163 e. The van der Waals surface area contributed by atoms with E-state index in [2.05, 4.69) is 128 Å². The van der Waals surface area contributed by atoms with E-state index in [0.717, 1.165) is 73.1 Å². The van der Waals surface area contributed by atoms with Crippen LogP contribution in [0.15, 0.2) is 103 Å². The van der Waals surface area contributed by atoms with Crippen LogP contribution in [0.1, 0.15) is 69.9 Å². The summed E-state index contributed by atoms with van der Waals surface area (Å²) in [5.41, 5.74) is 11.3. The van der Waals surface area contributed by atoms with Crippen molar-refractivity contribution in [3.63, 3.8) is 0 Å². The normalized spacial score (nSPS) is 12.1. The Morgan fingerprint density at radius 2 is 1.08 bits per heavy atom.